The van der Waals surface area contributed by atoms with Gasteiger partial charge in [0.05, 0.1) is 24.8 Å². The molecule has 0 saturated carbocycles. The number of hydrogen-bond donors (Lipinski definition) is 1. The second kappa shape index (κ2) is 9.45. The molecule has 2 heterocycles. The Balaban J connectivity index is 2.03. The molecule has 2 aromatic rings. The lowest BCUT2D eigenvalue weighted by Gasteiger charge is -2.23. The number of carbonyl (C=O) groups excluding carboxylic acids is 2. The van der Waals surface area contributed by atoms with Crippen molar-refractivity contribution in [2.75, 3.05) is 26.9 Å². The first kappa shape index (κ1) is 22.1. The first-order valence-corrected chi connectivity index (χ1v) is 10.8. The number of nitrogens with zero attached hydrogens (tertiary/aromatic N) is 1. The summed E-state index contributed by atoms with van der Waals surface area (Å²) in [4.78, 5) is 27.9. The predicted molar refractivity (Wildman–Crippen MR) is 117 cm³/mol. The van der Waals surface area contributed by atoms with Crippen LogP contribution in [0.15, 0.2) is 41.3 Å². The molecule has 0 radical (unpaired) electrons. The maximum Gasteiger partial charge on any atom is 0.295 e. The molecule has 1 fully saturated rings. The fourth-order valence-corrected chi connectivity index (χ4v) is 4.29. The van der Waals surface area contributed by atoms with Gasteiger partial charge in [-0.25, -0.2) is 0 Å². The van der Waals surface area contributed by atoms with Gasteiger partial charge in [0.2, 0.25) is 0 Å². The van der Waals surface area contributed by atoms with E-state index >= 15 is 0 Å². The quantitative estimate of drug-likeness (QED) is 0.387. The summed E-state index contributed by atoms with van der Waals surface area (Å²) in [7, 11) is 1.54. The number of methoxy groups -OCH3 is 1. The van der Waals surface area contributed by atoms with E-state index in [-0.39, 0.29) is 17.9 Å². The number of hydrogen-bond acceptors (Lipinski definition) is 6. The van der Waals surface area contributed by atoms with E-state index in [2.05, 4.69) is 13.8 Å². The van der Waals surface area contributed by atoms with Crippen molar-refractivity contribution in [1.82, 2.24) is 4.90 Å². The van der Waals surface area contributed by atoms with Crippen LogP contribution in [-0.4, -0.2) is 48.6 Å². The van der Waals surface area contributed by atoms with Gasteiger partial charge in [-0.05, 0) is 48.1 Å². The SMILES string of the molecule is COCCN1C(=O)C(=O)/C(=C(/O)c2ccc(OCC(C)C)cc2C)C1c1cccs1. The molecule has 0 aliphatic carbocycles. The number of likely N-dealkylation sites (tertiary alicyclic amines) is 1. The van der Waals surface area contributed by atoms with Crippen LogP contribution in [0, 0.1) is 12.8 Å². The first-order chi connectivity index (χ1) is 14.3. The molecule has 1 aromatic carbocycles. The molecule has 3 rings (SSSR count). The number of aliphatic hydroxyl groups excluding tert-OH is 1. The van der Waals surface area contributed by atoms with Crippen LogP contribution in [0.3, 0.4) is 0 Å². The predicted octanol–water partition coefficient (Wildman–Crippen LogP) is 4.16. The van der Waals surface area contributed by atoms with Gasteiger partial charge >= 0.3 is 0 Å². The number of ether oxygens (including phenoxy) is 2. The lowest BCUT2D eigenvalue weighted by atomic mass is 9.97. The molecule has 1 aromatic heterocycles. The lowest BCUT2D eigenvalue weighted by Crippen LogP contribution is -2.32. The van der Waals surface area contributed by atoms with Crippen LogP contribution < -0.4 is 4.74 Å². The molecule has 6 nitrogen and oxygen atoms in total. The van der Waals surface area contributed by atoms with Gasteiger partial charge in [0.1, 0.15) is 11.5 Å². The molecule has 30 heavy (non-hydrogen) atoms. The van der Waals surface area contributed by atoms with Gasteiger partial charge in [0.25, 0.3) is 11.7 Å². The van der Waals surface area contributed by atoms with Crippen LogP contribution in [0.5, 0.6) is 5.75 Å². The zero-order valence-corrected chi connectivity index (χ0v) is 18.5. The van der Waals surface area contributed by atoms with E-state index in [0.717, 1.165) is 10.4 Å². The van der Waals surface area contributed by atoms with Crippen LogP contribution in [-0.2, 0) is 14.3 Å². The highest BCUT2D eigenvalue weighted by Gasteiger charge is 2.46. The second-order valence-corrected chi connectivity index (χ2v) is 8.66. The fourth-order valence-electron chi connectivity index (χ4n) is 3.44. The minimum Gasteiger partial charge on any atom is -0.507 e. The summed E-state index contributed by atoms with van der Waals surface area (Å²) in [5.41, 5.74) is 1.39. The number of thiophene rings is 1. The summed E-state index contributed by atoms with van der Waals surface area (Å²) in [5, 5.41) is 13.0. The van der Waals surface area contributed by atoms with Gasteiger partial charge in [-0.2, -0.15) is 0 Å². The standard InChI is InChI=1S/C23H27NO5S/c1-14(2)13-29-16-7-8-17(15(3)12-16)21(25)19-20(18-6-5-11-30-18)24(9-10-28-4)23(27)22(19)26/h5-8,11-12,14,20,25H,9-10,13H2,1-4H3/b21-19+. The number of ketones is 1. The number of Topliss-reactive ketones (excluding diaryl/α,β-unsaturated/α-hetero) is 1. The van der Waals surface area contributed by atoms with Crippen molar-refractivity contribution in [2.45, 2.75) is 26.8 Å². The number of aliphatic hydroxyl groups is 1. The average Bonchev–Trinajstić information content (AvgIpc) is 3.32. The summed E-state index contributed by atoms with van der Waals surface area (Å²) < 4.78 is 10.9. The molecular formula is C23H27NO5S. The third-order valence-electron chi connectivity index (χ3n) is 4.93. The Bertz CT molecular complexity index is 949. The number of rotatable bonds is 8. The topological polar surface area (TPSA) is 76.1 Å². The van der Waals surface area contributed by atoms with Crippen LogP contribution in [0.1, 0.15) is 35.9 Å². The van der Waals surface area contributed by atoms with Crippen molar-refractivity contribution in [3.8, 4) is 5.75 Å². The zero-order chi connectivity index (χ0) is 21.8. The van der Waals surface area contributed by atoms with Gasteiger partial charge in [-0.15, -0.1) is 11.3 Å². The molecule has 1 aliphatic rings. The van der Waals surface area contributed by atoms with Crippen molar-refractivity contribution in [3.63, 3.8) is 0 Å². The van der Waals surface area contributed by atoms with Crippen LogP contribution in [0.4, 0.5) is 0 Å². The van der Waals surface area contributed by atoms with E-state index in [1.807, 2.05) is 30.5 Å². The minimum absolute atomic E-state index is 0.109. The molecule has 1 aliphatic heterocycles. The Morgan fingerprint density at radius 2 is 2.03 bits per heavy atom. The Morgan fingerprint density at radius 3 is 2.63 bits per heavy atom. The lowest BCUT2D eigenvalue weighted by molar-refractivity contribution is -0.140. The number of amides is 1. The third kappa shape index (κ3) is 4.42. The summed E-state index contributed by atoms with van der Waals surface area (Å²) in [6.07, 6.45) is 0. The zero-order valence-electron chi connectivity index (χ0n) is 17.7. The summed E-state index contributed by atoms with van der Waals surface area (Å²) in [6.45, 7) is 7.14. The van der Waals surface area contributed by atoms with E-state index in [1.54, 1.807) is 19.2 Å². The normalized spacial score (nSPS) is 18.4. The van der Waals surface area contributed by atoms with E-state index in [9.17, 15) is 14.7 Å². The van der Waals surface area contributed by atoms with Gasteiger partial charge in [0.15, 0.2) is 0 Å². The summed E-state index contributed by atoms with van der Waals surface area (Å²) in [5.74, 6) is -0.372. The summed E-state index contributed by atoms with van der Waals surface area (Å²) in [6, 6.07) is 8.43. The summed E-state index contributed by atoms with van der Waals surface area (Å²) >= 11 is 1.44. The van der Waals surface area contributed by atoms with Gasteiger partial charge < -0.3 is 19.5 Å². The average molecular weight is 430 g/mol. The van der Waals surface area contributed by atoms with E-state index in [0.29, 0.717) is 30.4 Å². The Hall–Kier alpha value is -2.64. The fraction of sp³-hybridized carbons (Fsp3) is 0.391. The van der Waals surface area contributed by atoms with Crippen LogP contribution in [0.25, 0.3) is 5.76 Å². The Morgan fingerprint density at radius 1 is 1.27 bits per heavy atom. The Kier molecular flexibility index (Phi) is 6.95. The smallest absolute Gasteiger partial charge is 0.295 e. The molecule has 1 unspecified atom stereocenters. The highest BCUT2D eigenvalue weighted by molar-refractivity contribution is 7.10. The van der Waals surface area contributed by atoms with Gasteiger partial charge in [-0.3, -0.25) is 9.59 Å². The van der Waals surface area contributed by atoms with Crippen molar-refractivity contribution >= 4 is 28.8 Å². The van der Waals surface area contributed by atoms with Crippen LogP contribution >= 0.6 is 11.3 Å². The van der Waals surface area contributed by atoms with Crippen molar-refractivity contribution in [2.24, 2.45) is 5.92 Å². The molecule has 1 atom stereocenters. The number of carbonyl (C=O) groups is 2. The molecule has 160 valence electrons. The third-order valence-corrected chi connectivity index (χ3v) is 5.85. The monoisotopic (exact) mass is 429 g/mol. The number of aryl methyl sites for hydroxylation is 1. The largest absolute Gasteiger partial charge is 0.507 e. The van der Waals surface area contributed by atoms with Crippen molar-refractivity contribution in [1.29, 1.82) is 0 Å². The highest BCUT2D eigenvalue weighted by atomic mass is 32.1. The highest BCUT2D eigenvalue weighted by Crippen LogP contribution is 2.41. The van der Waals surface area contributed by atoms with Gasteiger partial charge in [0, 0.05) is 24.1 Å². The molecular weight excluding hydrogens is 402 g/mol. The Labute approximate surface area is 180 Å². The van der Waals surface area contributed by atoms with Gasteiger partial charge in [-0.1, -0.05) is 19.9 Å². The molecule has 0 spiro atoms. The van der Waals surface area contributed by atoms with Crippen LogP contribution in [0.2, 0.25) is 0 Å². The minimum atomic E-state index is -0.679. The molecule has 1 saturated heterocycles. The second-order valence-electron chi connectivity index (χ2n) is 7.68. The molecule has 1 N–H and O–H groups in total. The van der Waals surface area contributed by atoms with E-state index < -0.39 is 17.7 Å². The number of benzene rings is 1. The maximum atomic E-state index is 12.9. The molecule has 1 amide bonds. The molecule has 7 heteroatoms. The van der Waals surface area contributed by atoms with Crippen molar-refractivity contribution in [3.05, 3.63) is 57.3 Å². The maximum absolute atomic E-state index is 12.9. The van der Waals surface area contributed by atoms with E-state index in [4.69, 9.17) is 9.47 Å². The molecule has 0 bridgehead atoms. The van der Waals surface area contributed by atoms with E-state index in [1.165, 1.54) is 16.2 Å². The first-order valence-electron chi connectivity index (χ1n) is 9.89. The van der Waals surface area contributed by atoms with Crippen molar-refractivity contribution < 1.29 is 24.2 Å².